The molecule has 0 aliphatic heterocycles. The lowest BCUT2D eigenvalue weighted by Gasteiger charge is -2.10. The number of halogens is 1. The molecular weight excluding hydrogens is 277 g/mol. The summed E-state index contributed by atoms with van der Waals surface area (Å²) < 4.78 is 40.1. The third-order valence-electron chi connectivity index (χ3n) is 2.96. The highest BCUT2D eigenvalue weighted by molar-refractivity contribution is 7.92. The van der Waals surface area contributed by atoms with Crippen LogP contribution in [0.1, 0.15) is 25.3 Å². The lowest BCUT2D eigenvalue weighted by molar-refractivity contribution is 0.570. The molecule has 3 nitrogen and oxygen atoms in total. The summed E-state index contributed by atoms with van der Waals surface area (Å²) in [5, 5.41) is 0. The normalized spacial score (nSPS) is 11.6. The summed E-state index contributed by atoms with van der Waals surface area (Å²) >= 11 is 0. The zero-order valence-electron chi connectivity index (χ0n) is 11.3. The minimum absolute atomic E-state index is 0.354. The lowest BCUT2D eigenvalue weighted by atomic mass is 10.0. The highest BCUT2D eigenvalue weighted by Crippen LogP contribution is 2.21. The van der Waals surface area contributed by atoms with E-state index in [9.17, 15) is 12.8 Å². The van der Waals surface area contributed by atoms with Crippen molar-refractivity contribution in [1.82, 2.24) is 0 Å². The second-order valence-electron chi connectivity index (χ2n) is 4.81. The molecule has 106 valence electrons. The van der Waals surface area contributed by atoms with Crippen LogP contribution in [0.5, 0.6) is 0 Å². The van der Waals surface area contributed by atoms with Gasteiger partial charge in [-0.25, -0.2) is 12.8 Å². The summed E-state index contributed by atoms with van der Waals surface area (Å²) in [6.45, 7) is 4.11. The van der Waals surface area contributed by atoms with Gasteiger partial charge in [0.25, 0.3) is 10.0 Å². The summed E-state index contributed by atoms with van der Waals surface area (Å²) in [7, 11) is -3.90. The van der Waals surface area contributed by atoms with Crippen LogP contribution in [0.15, 0.2) is 53.4 Å². The molecule has 0 spiro atoms. The van der Waals surface area contributed by atoms with E-state index in [0.29, 0.717) is 11.6 Å². The Labute approximate surface area is 118 Å². The first kappa shape index (κ1) is 14.5. The molecule has 0 heterocycles. The van der Waals surface area contributed by atoms with Crippen molar-refractivity contribution in [3.05, 3.63) is 59.9 Å². The van der Waals surface area contributed by atoms with E-state index in [1.165, 1.54) is 18.2 Å². The van der Waals surface area contributed by atoms with E-state index >= 15 is 0 Å². The minimum atomic E-state index is -3.90. The predicted octanol–water partition coefficient (Wildman–Crippen LogP) is 3.75. The Bertz CT molecular complexity index is 694. The number of sulfonamides is 1. The van der Waals surface area contributed by atoms with Crippen molar-refractivity contribution in [1.29, 1.82) is 0 Å². The first-order valence-electron chi connectivity index (χ1n) is 6.27. The van der Waals surface area contributed by atoms with Crippen LogP contribution in [0.25, 0.3) is 0 Å². The SMILES string of the molecule is CC(C)c1ccc(NS(=O)(=O)c2ccccc2F)cc1. The molecule has 2 aromatic rings. The summed E-state index contributed by atoms with van der Waals surface area (Å²) in [5.74, 6) is -0.397. The van der Waals surface area contributed by atoms with Gasteiger partial charge >= 0.3 is 0 Å². The molecule has 0 saturated heterocycles. The molecular formula is C15H16FNO2S. The number of hydrogen-bond donors (Lipinski definition) is 1. The zero-order chi connectivity index (χ0) is 14.8. The molecule has 0 unspecified atom stereocenters. The van der Waals surface area contributed by atoms with Crippen molar-refractivity contribution in [2.75, 3.05) is 4.72 Å². The third kappa shape index (κ3) is 3.17. The molecule has 0 aliphatic carbocycles. The zero-order valence-corrected chi connectivity index (χ0v) is 12.1. The number of hydrogen-bond acceptors (Lipinski definition) is 2. The summed E-state index contributed by atoms with van der Waals surface area (Å²) in [6, 6.07) is 12.3. The molecule has 5 heteroatoms. The monoisotopic (exact) mass is 293 g/mol. The molecule has 20 heavy (non-hydrogen) atoms. The van der Waals surface area contributed by atoms with Crippen LogP contribution in [0.3, 0.4) is 0 Å². The van der Waals surface area contributed by atoms with E-state index in [1.54, 1.807) is 12.1 Å². The fourth-order valence-electron chi connectivity index (χ4n) is 1.81. The van der Waals surface area contributed by atoms with Gasteiger partial charge in [0.15, 0.2) is 0 Å². The molecule has 0 radical (unpaired) electrons. The van der Waals surface area contributed by atoms with E-state index in [2.05, 4.69) is 18.6 Å². The van der Waals surface area contributed by atoms with Crippen molar-refractivity contribution >= 4 is 15.7 Å². The number of rotatable bonds is 4. The molecule has 1 N–H and O–H groups in total. The Morgan fingerprint density at radius 3 is 2.15 bits per heavy atom. The number of anilines is 1. The first-order chi connectivity index (χ1) is 9.40. The molecule has 0 amide bonds. The van der Waals surface area contributed by atoms with Gasteiger partial charge in [0.2, 0.25) is 0 Å². The topological polar surface area (TPSA) is 46.2 Å². The molecule has 0 bridgehead atoms. The molecule has 0 aliphatic rings. The van der Waals surface area contributed by atoms with Crippen LogP contribution >= 0.6 is 0 Å². The standard InChI is InChI=1S/C15H16FNO2S/c1-11(2)12-7-9-13(10-8-12)17-20(18,19)15-6-4-3-5-14(15)16/h3-11,17H,1-2H3. The van der Waals surface area contributed by atoms with E-state index in [1.807, 2.05) is 12.1 Å². The maximum absolute atomic E-state index is 13.5. The molecule has 2 rings (SSSR count). The van der Waals surface area contributed by atoms with Gasteiger partial charge in [0.1, 0.15) is 10.7 Å². The molecule has 0 fully saturated rings. The van der Waals surface area contributed by atoms with Crippen LogP contribution < -0.4 is 4.72 Å². The van der Waals surface area contributed by atoms with Crippen molar-refractivity contribution in [2.24, 2.45) is 0 Å². The van der Waals surface area contributed by atoms with Gasteiger partial charge in [-0.2, -0.15) is 0 Å². The molecule has 2 aromatic carbocycles. The Hall–Kier alpha value is -1.88. The van der Waals surface area contributed by atoms with Crippen LogP contribution in [0.2, 0.25) is 0 Å². The largest absolute Gasteiger partial charge is 0.280 e. The minimum Gasteiger partial charge on any atom is -0.280 e. The van der Waals surface area contributed by atoms with Crippen LogP contribution in [-0.4, -0.2) is 8.42 Å². The van der Waals surface area contributed by atoms with Gasteiger partial charge in [-0.3, -0.25) is 4.72 Å². The Kier molecular flexibility index (Phi) is 4.09. The van der Waals surface area contributed by atoms with Gasteiger partial charge in [-0.05, 0) is 35.7 Å². The van der Waals surface area contributed by atoms with E-state index in [-0.39, 0.29) is 4.90 Å². The quantitative estimate of drug-likeness (QED) is 0.933. The van der Waals surface area contributed by atoms with Crippen LogP contribution in [0.4, 0.5) is 10.1 Å². The summed E-state index contributed by atoms with van der Waals surface area (Å²) in [6.07, 6.45) is 0. The second-order valence-corrected chi connectivity index (χ2v) is 6.46. The number of nitrogens with one attached hydrogen (secondary N) is 1. The predicted molar refractivity (Wildman–Crippen MR) is 77.7 cm³/mol. The third-order valence-corrected chi connectivity index (χ3v) is 4.37. The van der Waals surface area contributed by atoms with Crippen molar-refractivity contribution < 1.29 is 12.8 Å². The average Bonchev–Trinajstić information content (AvgIpc) is 2.39. The fourth-order valence-corrected chi connectivity index (χ4v) is 2.95. The summed E-state index contributed by atoms with van der Waals surface area (Å²) in [5.41, 5.74) is 1.52. The molecule has 0 aromatic heterocycles. The Balaban J connectivity index is 2.27. The maximum Gasteiger partial charge on any atom is 0.264 e. The lowest BCUT2D eigenvalue weighted by Crippen LogP contribution is -2.14. The van der Waals surface area contributed by atoms with Gasteiger partial charge < -0.3 is 0 Å². The smallest absolute Gasteiger partial charge is 0.264 e. The first-order valence-corrected chi connectivity index (χ1v) is 7.76. The van der Waals surface area contributed by atoms with E-state index in [4.69, 9.17) is 0 Å². The van der Waals surface area contributed by atoms with Crippen molar-refractivity contribution in [3.8, 4) is 0 Å². The van der Waals surface area contributed by atoms with Crippen molar-refractivity contribution in [3.63, 3.8) is 0 Å². The highest BCUT2D eigenvalue weighted by atomic mass is 32.2. The average molecular weight is 293 g/mol. The van der Waals surface area contributed by atoms with Gasteiger partial charge in [-0.1, -0.05) is 38.1 Å². The summed E-state index contributed by atoms with van der Waals surface area (Å²) in [4.78, 5) is -0.354. The van der Waals surface area contributed by atoms with Gasteiger partial charge in [-0.15, -0.1) is 0 Å². The Morgan fingerprint density at radius 1 is 1.00 bits per heavy atom. The van der Waals surface area contributed by atoms with Gasteiger partial charge in [0, 0.05) is 5.69 Å². The van der Waals surface area contributed by atoms with E-state index < -0.39 is 15.8 Å². The van der Waals surface area contributed by atoms with Crippen LogP contribution in [-0.2, 0) is 10.0 Å². The van der Waals surface area contributed by atoms with Crippen molar-refractivity contribution in [2.45, 2.75) is 24.7 Å². The maximum atomic E-state index is 13.5. The van der Waals surface area contributed by atoms with E-state index in [0.717, 1.165) is 11.6 Å². The Morgan fingerprint density at radius 2 is 1.60 bits per heavy atom. The molecule has 0 saturated carbocycles. The fraction of sp³-hybridized carbons (Fsp3) is 0.200. The second kappa shape index (κ2) is 5.63. The highest BCUT2D eigenvalue weighted by Gasteiger charge is 2.18. The van der Waals surface area contributed by atoms with Gasteiger partial charge in [0.05, 0.1) is 0 Å². The molecule has 0 atom stereocenters. The van der Waals surface area contributed by atoms with Crippen LogP contribution in [0, 0.1) is 5.82 Å². The number of benzene rings is 2.